The first-order valence-corrected chi connectivity index (χ1v) is 9.04. The number of nitriles is 1. The van der Waals surface area contributed by atoms with Crippen molar-refractivity contribution >= 4 is 11.6 Å². The molecule has 134 valence electrons. The molecule has 26 heavy (non-hydrogen) atoms. The Balaban J connectivity index is 1.37. The van der Waals surface area contributed by atoms with Crippen LogP contribution in [0.15, 0.2) is 54.6 Å². The van der Waals surface area contributed by atoms with E-state index in [0.29, 0.717) is 25.1 Å². The molecule has 0 saturated carbocycles. The Bertz CT molecular complexity index is 761. The lowest BCUT2D eigenvalue weighted by Crippen LogP contribution is -2.49. The molecule has 0 unspecified atom stereocenters. The van der Waals surface area contributed by atoms with Gasteiger partial charge in [0.2, 0.25) is 5.91 Å². The van der Waals surface area contributed by atoms with Gasteiger partial charge in [0.25, 0.3) is 0 Å². The van der Waals surface area contributed by atoms with Gasteiger partial charge in [0.1, 0.15) is 0 Å². The molecule has 1 aliphatic heterocycles. The van der Waals surface area contributed by atoms with E-state index in [-0.39, 0.29) is 5.91 Å². The minimum atomic E-state index is 0.205. The molecule has 2 aromatic rings. The molecule has 1 amide bonds. The third kappa shape index (κ3) is 4.84. The number of nitrogens with one attached hydrogen (secondary N) is 1. The van der Waals surface area contributed by atoms with Gasteiger partial charge >= 0.3 is 0 Å². The lowest BCUT2D eigenvalue weighted by Gasteiger charge is -2.36. The van der Waals surface area contributed by atoms with Crippen LogP contribution in [-0.4, -0.2) is 43.5 Å². The van der Waals surface area contributed by atoms with E-state index in [0.717, 1.165) is 31.7 Å². The number of amides is 1. The number of benzene rings is 2. The second-order valence-electron chi connectivity index (χ2n) is 6.44. The van der Waals surface area contributed by atoms with Gasteiger partial charge in [0.05, 0.1) is 11.6 Å². The average molecular weight is 348 g/mol. The van der Waals surface area contributed by atoms with E-state index < -0.39 is 0 Å². The van der Waals surface area contributed by atoms with Crippen LogP contribution in [0, 0.1) is 11.3 Å². The third-order valence-electron chi connectivity index (χ3n) is 4.65. The molecule has 1 N–H and O–H groups in total. The maximum Gasteiger partial charge on any atom is 0.223 e. The summed E-state index contributed by atoms with van der Waals surface area (Å²) in [6.45, 7) is 4.63. The van der Waals surface area contributed by atoms with Gasteiger partial charge in [-0.05, 0) is 29.8 Å². The highest BCUT2D eigenvalue weighted by atomic mass is 16.2. The largest absolute Gasteiger partial charge is 0.368 e. The van der Waals surface area contributed by atoms with Crippen molar-refractivity contribution in [3.63, 3.8) is 0 Å². The predicted molar refractivity (Wildman–Crippen MR) is 103 cm³/mol. The van der Waals surface area contributed by atoms with E-state index >= 15 is 0 Å². The van der Waals surface area contributed by atoms with Gasteiger partial charge in [0, 0.05) is 51.4 Å². The van der Waals surface area contributed by atoms with E-state index in [1.807, 2.05) is 41.3 Å². The van der Waals surface area contributed by atoms with Crippen LogP contribution in [0.2, 0.25) is 0 Å². The minimum absolute atomic E-state index is 0.205. The summed E-state index contributed by atoms with van der Waals surface area (Å²) < 4.78 is 0. The first-order valence-electron chi connectivity index (χ1n) is 9.04. The molecule has 2 aromatic carbocycles. The fourth-order valence-corrected chi connectivity index (χ4v) is 3.19. The van der Waals surface area contributed by atoms with Crippen LogP contribution < -0.4 is 10.2 Å². The van der Waals surface area contributed by atoms with E-state index in [4.69, 9.17) is 5.26 Å². The van der Waals surface area contributed by atoms with E-state index in [1.165, 1.54) is 5.69 Å². The fourth-order valence-electron chi connectivity index (χ4n) is 3.19. The molecule has 5 nitrogen and oxygen atoms in total. The molecule has 0 aliphatic carbocycles. The molecular formula is C21H24N4O. The molecule has 0 bridgehead atoms. The van der Waals surface area contributed by atoms with Crippen molar-refractivity contribution in [2.24, 2.45) is 0 Å². The first kappa shape index (κ1) is 18.0. The summed E-state index contributed by atoms with van der Waals surface area (Å²) in [6, 6.07) is 20.0. The Morgan fingerprint density at radius 3 is 2.54 bits per heavy atom. The van der Waals surface area contributed by atoms with Gasteiger partial charge in [-0.3, -0.25) is 4.79 Å². The predicted octanol–water partition coefficient (Wildman–Crippen LogP) is 2.39. The zero-order chi connectivity index (χ0) is 18.2. The SMILES string of the molecule is N#Cc1cccc(CNCCC(=O)N2CCN(c3ccccc3)CC2)c1. The Morgan fingerprint density at radius 2 is 1.81 bits per heavy atom. The lowest BCUT2D eigenvalue weighted by molar-refractivity contribution is -0.131. The maximum absolute atomic E-state index is 12.4. The Kier molecular flexibility index (Phi) is 6.24. The quantitative estimate of drug-likeness (QED) is 0.815. The molecule has 0 spiro atoms. The monoisotopic (exact) mass is 348 g/mol. The van der Waals surface area contributed by atoms with E-state index in [2.05, 4.69) is 28.4 Å². The number of carbonyl (C=O) groups is 1. The highest BCUT2D eigenvalue weighted by Gasteiger charge is 2.20. The van der Waals surface area contributed by atoms with Crippen molar-refractivity contribution in [3.8, 4) is 6.07 Å². The summed E-state index contributed by atoms with van der Waals surface area (Å²) in [5.74, 6) is 0.205. The zero-order valence-electron chi connectivity index (χ0n) is 14.9. The van der Waals surface area contributed by atoms with Gasteiger partial charge in [-0.2, -0.15) is 5.26 Å². The van der Waals surface area contributed by atoms with Crippen molar-refractivity contribution in [1.29, 1.82) is 5.26 Å². The van der Waals surface area contributed by atoms with Gasteiger partial charge in [-0.15, -0.1) is 0 Å². The summed E-state index contributed by atoms with van der Waals surface area (Å²) in [4.78, 5) is 16.7. The summed E-state index contributed by atoms with van der Waals surface area (Å²) in [6.07, 6.45) is 0.503. The second kappa shape index (κ2) is 9.02. The highest BCUT2D eigenvalue weighted by molar-refractivity contribution is 5.76. The smallest absolute Gasteiger partial charge is 0.223 e. The van der Waals surface area contributed by atoms with Gasteiger partial charge in [0.15, 0.2) is 0 Å². The van der Waals surface area contributed by atoms with E-state index in [1.54, 1.807) is 6.07 Å². The average Bonchev–Trinajstić information content (AvgIpc) is 2.72. The van der Waals surface area contributed by atoms with Gasteiger partial charge in [-0.1, -0.05) is 30.3 Å². The maximum atomic E-state index is 12.4. The molecule has 1 saturated heterocycles. The molecule has 5 heteroatoms. The Hall–Kier alpha value is -2.84. The fraction of sp³-hybridized carbons (Fsp3) is 0.333. The molecule has 0 aromatic heterocycles. The van der Waals surface area contributed by atoms with Crippen LogP contribution in [0.5, 0.6) is 0 Å². The number of rotatable bonds is 6. The van der Waals surface area contributed by atoms with Crippen molar-refractivity contribution in [2.45, 2.75) is 13.0 Å². The Labute approximate surface area is 154 Å². The van der Waals surface area contributed by atoms with Gasteiger partial charge < -0.3 is 15.1 Å². The number of carbonyl (C=O) groups excluding carboxylic acids is 1. The standard InChI is InChI=1S/C21H24N4O/c22-16-18-5-4-6-19(15-18)17-23-10-9-21(26)25-13-11-24(12-14-25)20-7-2-1-3-8-20/h1-8,15,23H,9-14,17H2. The Morgan fingerprint density at radius 1 is 1.04 bits per heavy atom. The topological polar surface area (TPSA) is 59.4 Å². The van der Waals surface area contributed by atoms with E-state index in [9.17, 15) is 4.79 Å². The van der Waals surface area contributed by atoms with Crippen molar-refractivity contribution < 1.29 is 4.79 Å². The number of anilines is 1. The summed E-state index contributed by atoms with van der Waals surface area (Å²) in [5.41, 5.74) is 2.95. The van der Waals surface area contributed by atoms with Crippen LogP contribution >= 0.6 is 0 Å². The molecule has 1 aliphatic rings. The number of hydrogen-bond acceptors (Lipinski definition) is 4. The van der Waals surface area contributed by atoms with Crippen molar-refractivity contribution in [1.82, 2.24) is 10.2 Å². The lowest BCUT2D eigenvalue weighted by atomic mass is 10.1. The molecule has 1 heterocycles. The van der Waals surface area contributed by atoms with Crippen molar-refractivity contribution in [2.75, 3.05) is 37.6 Å². The molecule has 0 atom stereocenters. The first-order chi connectivity index (χ1) is 12.8. The van der Waals surface area contributed by atoms with Crippen LogP contribution in [0.3, 0.4) is 0 Å². The summed E-state index contributed by atoms with van der Waals surface area (Å²) >= 11 is 0. The highest BCUT2D eigenvalue weighted by Crippen LogP contribution is 2.15. The number of piperazine rings is 1. The molecular weight excluding hydrogens is 324 g/mol. The van der Waals surface area contributed by atoms with Crippen LogP contribution in [0.25, 0.3) is 0 Å². The summed E-state index contributed by atoms with van der Waals surface area (Å²) in [5, 5.41) is 12.2. The number of hydrogen-bond donors (Lipinski definition) is 1. The minimum Gasteiger partial charge on any atom is -0.368 e. The molecule has 0 radical (unpaired) electrons. The normalized spacial score (nSPS) is 14.1. The van der Waals surface area contributed by atoms with Crippen LogP contribution in [0.4, 0.5) is 5.69 Å². The summed E-state index contributed by atoms with van der Waals surface area (Å²) in [7, 11) is 0. The second-order valence-corrected chi connectivity index (χ2v) is 6.44. The van der Waals surface area contributed by atoms with Gasteiger partial charge in [-0.25, -0.2) is 0 Å². The number of para-hydroxylation sites is 1. The third-order valence-corrected chi connectivity index (χ3v) is 4.65. The van der Waals surface area contributed by atoms with Crippen LogP contribution in [0.1, 0.15) is 17.5 Å². The zero-order valence-corrected chi connectivity index (χ0v) is 14.9. The molecule has 1 fully saturated rings. The number of nitrogens with zero attached hydrogens (tertiary/aromatic N) is 3. The van der Waals surface area contributed by atoms with Crippen molar-refractivity contribution in [3.05, 3.63) is 65.7 Å². The van der Waals surface area contributed by atoms with Crippen LogP contribution in [-0.2, 0) is 11.3 Å². The molecule has 3 rings (SSSR count).